The summed E-state index contributed by atoms with van der Waals surface area (Å²) in [5, 5.41) is 13.8. The first-order valence-electron chi connectivity index (χ1n) is 8.20. The molecule has 0 aliphatic heterocycles. The molecule has 27 heavy (non-hydrogen) atoms. The number of carboxylic acids is 1. The fourth-order valence-corrected chi connectivity index (χ4v) is 2.45. The lowest BCUT2D eigenvalue weighted by Gasteiger charge is -2.09. The van der Waals surface area contributed by atoms with Crippen LogP contribution in [0.4, 0.5) is 5.69 Å². The van der Waals surface area contributed by atoms with Crippen molar-refractivity contribution in [1.29, 1.82) is 0 Å². The highest BCUT2D eigenvalue weighted by Gasteiger charge is 2.03. The maximum Gasteiger partial charge on any atom is 0.335 e. The molecular weight excluding hydrogens is 364 g/mol. The van der Waals surface area contributed by atoms with Gasteiger partial charge in [-0.1, -0.05) is 35.9 Å². The standard InChI is InChI=1S/C21H17ClN2O3/c22-18-9-5-15(6-10-18)14-27-20-4-2-1-3-17(20)13-23-24-19-11-7-16(8-12-19)21(25)26/h1-13,24H,14H2,(H,25,26)/b23-13+. The SMILES string of the molecule is O=C(O)c1ccc(N/N=C/c2ccccc2OCc2ccc(Cl)cc2)cc1. The highest BCUT2D eigenvalue weighted by atomic mass is 35.5. The van der Waals surface area contributed by atoms with Crippen LogP contribution in [0.3, 0.4) is 0 Å². The van der Waals surface area contributed by atoms with Crippen molar-refractivity contribution in [2.45, 2.75) is 6.61 Å². The summed E-state index contributed by atoms with van der Waals surface area (Å²) >= 11 is 5.89. The van der Waals surface area contributed by atoms with Crippen molar-refractivity contribution in [2.24, 2.45) is 5.10 Å². The van der Waals surface area contributed by atoms with Gasteiger partial charge in [-0.3, -0.25) is 5.43 Å². The van der Waals surface area contributed by atoms with E-state index in [4.69, 9.17) is 21.4 Å². The topological polar surface area (TPSA) is 70.9 Å². The molecule has 0 spiro atoms. The van der Waals surface area contributed by atoms with E-state index in [0.717, 1.165) is 11.1 Å². The molecule has 6 heteroatoms. The number of hydrazone groups is 1. The minimum atomic E-state index is -0.961. The van der Waals surface area contributed by atoms with Gasteiger partial charge in [0.1, 0.15) is 12.4 Å². The Balaban J connectivity index is 1.63. The molecule has 0 bridgehead atoms. The number of hydrogen-bond donors (Lipinski definition) is 2. The molecule has 0 heterocycles. The van der Waals surface area contributed by atoms with Crippen molar-refractivity contribution in [2.75, 3.05) is 5.43 Å². The van der Waals surface area contributed by atoms with Crippen LogP contribution in [0.25, 0.3) is 0 Å². The van der Waals surface area contributed by atoms with Crippen LogP contribution in [0.5, 0.6) is 5.75 Å². The summed E-state index contributed by atoms with van der Waals surface area (Å²) in [4.78, 5) is 10.9. The second-order valence-corrected chi connectivity index (χ2v) is 6.14. The molecule has 0 amide bonds. The number of nitrogens with zero attached hydrogens (tertiary/aromatic N) is 1. The van der Waals surface area contributed by atoms with Gasteiger partial charge in [0.05, 0.1) is 17.5 Å². The lowest BCUT2D eigenvalue weighted by atomic mass is 10.2. The summed E-state index contributed by atoms with van der Waals surface area (Å²) in [5.74, 6) is -0.254. The van der Waals surface area contributed by atoms with Gasteiger partial charge in [-0.2, -0.15) is 5.10 Å². The summed E-state index contributed by atoms with van der Waals surface area (Å²) in [6, 6.07) is 21.4. The summed E-state index contributed by atoms with van der Waals surface area (Å²) in [6.07, 6.45) is 1.66. The van der Waals surface area contributed by atoms with Crippen molar-refractivity contribution in [3.05, 3.63) is 94.5 Å². The van der Waals surface area contributed by atoms with E-state index >= 15 is 0 Å². The van der Waals surface area contributed by atoms with E-state index in [1.807, 2.05) is 48.5 Å². The number of para-hydroxylation sites is 1. The first-order valence-corrected chi connectivity index (χ1v) is 8.58. The number of aromatic carboxylic acids is 1. The Morgan fingerprint density at radius 1 is 1.04 bits per heavy atom. The van der Waals surface area contributed by atoms with Crippen LogP contribution in [0, 0.1) is 0 Å². The normalized spacial score (nSPS) is 10.7. The van der Waals surface area contributed by atoms with Gasteiger partial charge in [0, 0.05) is 10.6 Å². The molecule has 3 aromatic carbocycles. The zero-order valence-electron chi connectivity index (χ0n) is 14.3. The molecule has 5 nitrogen and oxygen atoms in total. The summed E-state index contributed by atoms with van der Waals surface area (Å²) in [6.45, 7) is 0.423. The smallest absolute Gasteiger partial charge is 0.335 e. The van der Waals surface area contributed by atoms with Crippen molar-refractivity contribution >= 4 is 29.5 Å². The molecule has 136 valence electrons. The number of rotatable bonds is 7. The quantitative estimate of drug-likeness (QED) is 0.443. The van der Waals surface area contributed by atoms with E-state index in [1.54, 1.807) is 18.3 Å². The van der Waals surface area contributed by atoms with E-state index in [-0.39, 0.29) is 5.56 Å². The minimum absolute atomic E-state index is 0.227. The molecule has 3 aromatic rings. The van der Waals surface area contributed by atoms with E-state index in [1.165, 1.54) is 12.1 Å². The molecular formula is C21H17ClN2O3. The highest BCUT2D eigenvalue weighted by Crippen LogP contribution is 2.19. The Morgan fingerprint density at radius 3 is 2.44 bits per heavy atom. The van der Waals surface area contributed by atoms with E-state index in [2.05, 4.69) is 10.5 Å². The molecule has 2 N–H and O–H groups in total. The number of hydrogen-bond acceptors (Lipinski definition) is 4. The molecule has 0 saturated heterocycles. The van der Waals surface area contributed by atoms with Crippen LogP contribution in [-0.2, 0) is 6.61 Å². The first kappa shape index (κ1) is 18.5. The van der Waals surface area contributed by atoms with Gasteiger partial charge >= 0.3 is 5.97 Å². The van der Waals surface area contributed by atoms with Gasteiger partial charge in [-0.05, 0) is 54.1 Å². The van der Waals surface area contributed by atoms with Crippen molar-refractivity contribution < 1.29 is 14.6 Å². The second kappa shape index (κ2) is 8.87. The van der Waals surface area contributed by atoms with Gasteiger partial charge in [-0.25, -0.2) is 4.79 Å². The molecule has 0 fully saturated rings. The molecule has 0 radical (unpaired) electrons. The van der Waals surface area contributed by atoms with E-state index in [9.17, 15) is 4.79 Å². The summed E-state index contributed by atoms with van der Waals surface area (Å²) in [7, 11) is 0. The van der Waals surface area contributed by atoms with E-state index in [0.29, 0.717) is 23.1 Å². The van der Waals surface area contributed by atoms with Crippen LogP contribution in [-0.4, -0.2) is 17.3 Å². The molecule has 0 aromatic heterocycles. The van der Waals surface area contributed by atoms with Crippen LogP contribution >= 0.6 is 11.6 Å². The number of anilines is 1. The molecule has 0 saturated carbocycles. The number of halogens is 1. The maximum absolute atomic E-state index is 10.9. The average molecular weight is 381 g/mol. The Bertz CT molecular complexity index is 938. The maximum atomic E-state index is 10.9. The van der Waals surface area contributed by atoms with Gasteiger partial charge in [-0.15, -0.1) is 0 Å². The predicted octanol–water partition coefficient (Wildman–Crippen LogP) is 5.06. The average Bonchev–Trinajstić information content (AvgIpc) is 2.69. The van der Waals surface area contributed by atoms with Crippen LogP contribution in [0.1, 0.15) is 21.5 Å². The highest BCUT2D eigenvalue weighted by molar-refractivity contribution is 6.30. The predicted molar refractivity (Wildman–Crippen MR) is 107 cm³/mol. The summed E-state index contributed by atoms with van der Waals surface area (Å²) < 4.78 is 5.88. The van der Waals surface area contributed by atoms with Crippen molar-refractivity contribution in [3.63, 3.8) is 0 Å². The largest absolute Gasteiger partial charge is 0.488 e. The monoisotopic (exact) mass is 380 g/mol. The third-order valence-electron chi connectivity index (χ3n) is 3.76. The Kier molecular flexibility index (Phi) is 6.07. The molecule has 3 rings (SSSR count). The molecule has 0 aliphatic rings. The number of ether oxygens (including phenoxy) is 1. The van der Waals surface area contributed by atoms with Crippen molar-refractivity contribution in [1.82, 2.24) is 0 Å². The molecule has 0 atom stereocenters. The minimum Gasteiger partial charge on any atom is -0.488 e. The zero-order chi connectivity index (χ0) is 19.1. The van der Waals surface area contributed by atoms with Crippen LogP contribution in [0.2, 0.25) is 5.02 Å². The molecule has 0 aliphatic carbocycles. The Hall–Kier alpha value is -3.31. The zero-order valence-corrected chi connectivity index (χ0v) is 15.1. The van der Waals surface area contributed by atoms with E-state index < -0.39 is 5.97 Å². The van der Waals surface area contributed by atoms with Crippen LogP contribution < -0.4 is 10.2 Å². The van der Waals surface area contributed by atoms with Gasteiger partial charge < -0.3 is 9.84 Å². The lowest BCUT2D eigenvalue weighted by Crippen LogP contribution is -1.99. The number of nitrogens with one attached hydrogen (secondary N) is 1. The third kappa shape index (κ3) is 5.33. The fourth-order valence-electron chi connectivity index (χ4n) is 2.32. The Morgan fingerprint density at radius 2 is 1.74 bits per heavy atom. The van der Waals surface area contributed by atoms with Gasteiger partial charge in [0.25, 0.3) is 0 Å². The Labute approximate surface area is 161 Å². The summed E-state index contributed by atoms with van der Waals surface area (Å²) in [5.41, 5.74) is 5.63. The van der Waals surface area contributed by atoms with Gasteiger partial charge in [0.15, 0.2) is 0 Å². The number of benzene rings is 3. The van der Waals surface area contributed by atoms with Gasteiger partial charge in [0.2, 0.25) is 0 Å². The lowest BCUT2D eigenvalue weighted by molar-refractivity contribution is 0.0697. The van der Waals surface area contributed by atoms with Crippen LogP contribution in [0.15, 0.2) is 77.9 Å². The number of carboxylic acid groups (broad SMARTS) is 1. The first-order chi connectivity index (χ1) is 13.1. The molecule has 0 unspecified atom stereocenters. The number of carbonyl (C=O) groups is 1. The fraction of sp³-hybridized carbons (Fsp3) is 0.0476. The van der Waals surface area contributed by atoms with Crippen molar-refractivity contribution in [3.8, 4) is 5.75 Å². The third-order valence-corrected chi connectivity index (χ3v) is 4.01. The second-order valence-electron chi connectivity index (χ2n) is 5.71.